The second-order valence-electron chi connectivity index (χ2n) is 7.99. The highest BCUT2D eigenvalue weighted by atomic mass is 19.4. The van der Waals surface area contributed by atoms with Gasteiger partial charge in [0.25, 0.3) is 5.91 Å². The van der Waals surface area contributed by atoms with E-state index >= 15 is 0 Å². The monoisotopic (exact) mass is 420 g/mol. The fourth-order valence-corrected chi connectivity index (χ4v) is 3.86. The Morgan fingerprint density at radius 1 is 1.20 bits per heavy atom. The third-order valence-corrected chi connectivity index (χ3v) is 5.63. The molecule has 5 nitrogen and oxygen atoms in total. The van der Waals surface area contributed by atoms with E-state index < -0.39 is 17.3 Å². The van der Waals surface area contributed by atoms with Crippen molar-refractivity contribution in [3.8, 4) is 0 Å². The highest BCUT2D eigenvalue weighted by molar-refractivity contribution is 5.94. The van der Waals surface area contributed by atoms with Gasteiger partial charge < -0.3 is 15.2 Å². The standard InChI is InChI=1S/C22H23F3N2O3/c23-22(24,25)18-3-1-2-15(10-18)11-27-9-8-19(12-27)26-20(28)16-4-6-17(7-5-16)21(29)13-30-14-21/h1-7,10,19,29H,8-9,11-14H2,(H,26,28). The molecule has 1 atom stereocenters. The van der Waals surface area contributed by atoms with Crippen molar-refractivity contribution >= 4 is 5.91 Å². The average molecular weight is 420 g/mol. The molecule has 0 saturated carbocycles. The summed E-state index contributed by atoms with van der Waals surface area (Å²) in [5, 5.41) is 13.2. The zero-order valence-corrected chi connectivity index (χ0v) is 16.3. The fraction of sp³-hybridized carbons (Fsp3) is 0.409. The number of hydrogen-bond donors (Lipinski definition) is 2. The summed E-state index contributed by atoms with van der Waals surface area (Å²) in [5.74, 6) is -0.204. The summed E-state index contributed by atoms with van der Waals surface area (Å²) in [7, 11) is 0. The van der Waals surface area contributed by atoms with Gasteiger partial charge in [0, 0.05) is 31.2 Å². The Balaban J connectivity index is 1.31. The predicted molar refractivity (Wildman–Crippen MR) is 104 cm³/mol. The van der Waals surface area contributed by atoms with Crippen molar-refractivity contribution < 1.29 is 27.8 Å². The van der Waals surface area contributed by atoms with Gasteiger partial charge in [0.15, 0.2) is 0 Å². The van der Waals surface area contributed by atoms with Gasteiger partial charge in [-0.25, -0.2) is 0 Å². The molecule has 0 aliphatic carbocycles. The number of ether oxygens (including phenoxy) is 1. The number of rotatable bonds is 5. The SMILES string of the molecule is O=C(NC1CCN(Cc2cccc(C(F)(F)F)c2)C1)c1ccc(C2(O)COC2)cc1. The molecule has 4 rings (SSSR count). The number of aliphatic hydroxyl groups is 1. The van der Waals surface area contributed by atoms with Crippen molar-refractivity contribution in [1.82, 2.24) is 10.2 Å². The van der Waals surface area contributed by atoms with Crippen LogP contribution >= 0.6 is 0 Å². The smallest absolute Gasteiger partial charge is 0.380 e. The van der Waals surface area contributed by atoms with E-state index in [1.54, 1.807) is 30.3 Å². The van der Waals surface area contributed by atoms with E-state index in [4.69, 9.17) is 4.74 Å². The molecule has 8 heteroatoms. The van der Waals surface area contributed by atoms with Crippen LogP contribution in [0.15, 0.2) is 48.5 Å². The summed E-state index contributed by atoms with van der Waals surface area (Å²) in [4.78, 5) is 14.6. The van der Waals surface area contributed by atoms with Crippen LogP contribution in [0.2, 0.25) is 0 Å². The molecular formula is C22H23F3N2O3. The minimum absolute atomic E-state index is 0.0628. The van der Waals surface area contributed by atoms with Crippen molar-refractivity contribution in [3.63, 3.8) is 0 Å². The largest absolute Gasteiger partial charge is 0.416 e. The molecule has 2 aliphatic rings. The number of carbonyl (C=O) groups is 1. The van der Waals surface area contributed by atoms with Crippen molar-refractivity contribution in [2.24, 2.45) is 0 Å². The number of halogens is 3. The Labute approximate surface area is 172 Å². The molecule has 2 aromatic carbocycles. The van der Waals surface area contributed by atoms with E-state index in [0.717, 1.165) is 18.1 Å². The number of alkyl halides is 3. The summed E-state index contributed by atoms with van der Waals surface area (Å²) < 4.78 is 43.7. The molecule has 0 bridgehead atoms. The first-order valence-electron chi connectivity index (χ1n) is 9.83. The maximum Gasteiger partial charge on any atom is 0.416 e. The quantitative estimate of drug-likeness (QED) is 0.781. The lowest BCUT2D eigenvalue weighted by molar-refractivity contribution is -0.184. The number of benzene rings is 2. The summed E-state index contributed by atoms with van der Waals surface area (Å²) >= 11 is 0. The van der Waals surface area contributed by atoms with Gasteiger partial charge in [-0.15, -0.1) is 0 Å². The Kier molecular flexibility index (Phi) is 5.57. The van der Waals surface area contributed by atoms with Gasteiger partial charge >= 0.3 is 6.18 Å². The van der Waals surface area contributed by atoms with Gasteiger partial charge in [0.2, 0.25) is 0 Å². The van der Waals surface area contributed by atoms with Crippen LogP contribution in [0.4, 0.5) is 13.2 Å². The van der Waals surface area contributed by atoms with Crippen molar-refractivity contribution in [3.05, 3.63) is 70.8 Å². The maximum atomic E-state index is 12.9. The molecule has 160 valence electrons. The third-order valence-electron chi connectivity index (χ3n) is 5.63. The van der Waals surface area contributed by atoms with Crippen LogP contribution in [0.5, 0.6) is 0 Å². The first-order chi connectivity index (χ1) is 14.2. The lowest BCUT2D eigenvalue weighted by Crippen LogP contribution is -2.46. The van der Waals surface area contributed by atoms with Crippen molar-refractivity contribution in [1.29, 1.82) is 0 Å². The highest BCUT2D eigenvalue weighted by Gasteiger charge is 2.38. The zero-order valence-electron chi connectivity index (χ0n) is 16.3. The molecule has 30 heavy (non-hydrogen) atoms. The van der Waals surface area contributed by atoms with E-state index in [0.29, 0.717) is 30.8 Å². The van der Waals surface area contributed by atoms with Crippen LogP contribution in [0.25, 0.3) is 0 Å². The van der Waals surface area contributed by atoms with Crippen LogP contribution < -0.4 is 5.32 Å². The Morgan fingerprint density at radius 3 is 2.57 bits per heavy atom. The fourth-order valence-electron chi connectivity index (χ4n) is 3.86. The van der Waals surface area contributed by atoms with E-state index in [2.05, 4.69) is 5.32 Å². The van der Waals surface area contributed by atoms with Crippen molar-refractivity contribution in [2.45, 2.75) is 30.8 Å². The predicted octanol–water partition coefficient (Wildman–Crippen LogP) is 2.93. The van der Waals surface area contributed by atoms with E-state index in [9.17, 15) is 23.1 Å². The molecule has 2 N–H and O–H groups in total. The zero-order chi connectivity index (χ0) is 21.4. The van der Waals surface area contributed by atoms with Gasteiger partial charge in [0.1, 0.15) is 5.60 Å². The van der Waals surface area contributed by atoms with E-state index in [-0.39, 0.29) is 25.2 Å². The summed E-state index contributed by atoms with van der Waals surface area (Å²) in [5.41, 5.74) is 0.206. The molecule has 1 unspecified atom stereocenters. The summed E-state index contributed by atoms with van der Waals surface area (Å²) in [6.45, 7) is 2.20. The van der Waals surface area contributed by atoms with Crippen LogP contribution in [0.3, 0.4) is 0 Å². The normalized spacial score (nSPS) is 21.3. The van der Waals surface area contributed by atoms with Crippen molar-refractivity contribution in [2.75, 3.05) is 26.3 Å². The molecular weight excluding hydrogens is 397 g/mol. The topological polar surface area (TPSA) is 61.8 Å². The molecule has 2 saturated heterocycles. The van der Waals surface area contributed by atoms with E-state index in [1.165, 1.54) is 12.1 Å². The maximum absolute atomic E-state index is 12.9. The molecule has 0 radical (unpaired) electrons. The van der Waals surface area contributed by atoms with Crippen LogP contribution in [0, 0.1) is 0 Å². The average Bonchev–Trinajstić information content (AvgIpc) is 3.12. The second kappa shape index (κ2) is 8.02. The molecule has 2 aliphatic heterocycles. The van der Waals surface area contributed by atoms with Gasteiger partial charge in [-0.1, -0.05) is 30.3 Å². The lowest BCUT2D eigenvalue weighted by atomic mass is 9.91. The van der Waals surface area contributed by atoms with Gasteiger partial charge in [-0.3, -0.25) is 9.69 Å². The van der Waals surface area contributed by atoms with E-state index in [1.807, 2.05) is 4.90 Å². The number of amides is 1. The molecule has 0 aromatic heterocycles. The van der Waals surface area contributed by atoms with Crippen LogP contribution in [0.1, 0.15) is 33.5 Å². The molecule has 0 spiro atoms. The summed E-state index contributed by atoms with van der Waals surface area (Å²) in [6.07, 6.45) is -3.62. The number of carbonyl (C=O) groups excluding carboxylic acids is 1. The van der Waals surface area contributed by atoms with Crippen LogP contribution in [-0.2, 0) is 23.1 Å². The third kappa shape index (κ3) is 4.50. The molecule has 2 heterocycles. The number of nitrogens with one attached hydrogen (secondary N) is 1. The number of likely N-dealkylation sites (tertiary alicyclic amines) is 1. The Hall–Kier alpha value is -2.42. The molecule has 2 fully saturated rings. The van der Waals surface area contributed by atoms with Gasteiger partial charge in [0.05, 0.1) is 18.8 Å². The summed E-state index contributed by atoms with van der Waals surface area (Å²) in [6, 6.07) is 12.1. The second-order valence-corrected chi connectivity index (χ2v) is 7.99. The Morgan fingerprint density at radius 2 is 1.93 bits per heavy atom. The highest BCUT2D eigenvalue weighted by Crippen LogP contribution is 2.30. The number of hydrogen-bond acceptors (Lipinski definition) is 4. The lowest BCUT2D eigenvalue weighted by Gasteiger charge is -2.36. The van der Waals surface area contributed by atoms with Gasteiger partial charge in [-0.05, 0) is 35.7 Å². The van der Waals surface area contributed by atoms with Gasteiger partial charge in [-0.2, -0.15) is 13.2 Å². The number of nitrogens with zero attached hydrogens (tertiary/aromatic N) is 1. The minimum Gasteiger partial charge on any atom is -0.380 e. The molecule has 1 amide bonds. The van der Waals surface area contributed by atoms with Crippen LogP contribution in [-0.4, -0.2) is 48.3 Å². The molecule has 2 aromatic rings. The first kappa shape index (κ1) is 20.8. The minimum atomic E-state index is -4.35. The Bertz CT molecular complexity index is 911. The first-order valence-corrected chi connectivity index (χ1v) is 9.83.